The summed E-state index contributed by atoms with van der Waals surface area (Å²) in [4.78, 5) is 33.8. The molecule has 3 N–H and O–H groups in total. The van der Waals surface area contributed by atoms with Crippen LogP contribution in [0.1, 0.15) is 56.7 Å². The summed E-state index contributed by atoms with van der Waals surface area (Å²) in [6, 6.07) is 16.3. The van der Waals surface area contributed by atoms with Gasteiger partial charge in [-0.2, -0.15) is 31.4 Å². The van der Waals surface area contributed by atoms with Crippen molar-refractivity contribution in [3.05, 3.63) is 100 Å². The molecule has 0 saturated heterocycles. The van der Waals surface area contributed by atoms with Gasteiger partial charge < -0.3 is 11.1 Å². The van der Waals surface area contributed by atoms with Crippen molar-refractivity contribution in [1.29, 1.82) is 0 Å². The second kappa shape index (κ2) is 11.5. The first kappa shape index (κ1) is 31.7. The number of hydrogen-bond donors (Lipinski definition) is 2. The molecule has 8 nitrogen and oxygen atoms in total. The van der Waals surface area contributed by atoms with Crippen molar-refractivity contribution in [2.24, 2.45) is 5.73 Å². The standard InChI is InChI=1S/C32H22F6N6O2S/c1-15(2)16-8-10-18(11-9-16)21-13-23(32(36,37)38)44-28(41-21)20(14-40-44)29(46)43-25-24-19(17-6-4-3-5-7-17)12-22(31(33,34)35)42-30(24)47-26(25)27(39)45/h3-15H,1-2H3,(H2,39,45)(H,43,46). The molecule has 0 saturated carbocycles. The lowest BCUT2D eigenvalue weighted by atomic mass is 10.0. The van der Waals surface area contributed by atoms with E-state index in [9.17, 15) is 35.9 Å². The molecule has 2 amide bonds. The Morgan fingerprint density at radius 2 is 1.57 bits per heavy atom. The lowest BCUT2D eigenvalue weighted by molar-refractivity contribution is -0.143. The first-order valence-electron chi connectivity index (χ1n) is 13.9. The number of halogens is 6. The summed E-state index contributed by atoms with van der Waals surface area (Å²) in [6.07, 6.45) is -8.85. The van der Waals surface area contributed by atoms with Crippen molar-refractivity contribution in [3.8, 4) is 22.4 Å². The lowest BCUT2D eigenvalue weighted by Gasteiger charge is -2.13. The van der Waals surface area contributed by atoms with Crippen LogP contribution in [0, 0.1) is 0 Å². The van der Waals surface area contributed by atoms with E-state index in [1.54, 1.807) is 42.5 Å². The van der Waals surface area contributed by atoms with Crippen LogP contribution in [0.15, 0.2) is 72.9 Å². The normalized spacial score (nSPS) is 12.3. The molecule has 0 spiro atoms. The zero-order valence-electron chi connectivity index (χ0n) is 24.4. The predicted molar refractivity (Wildman–Crippen MR) is 164 cm³/mol. The number of nitrogens with zero attached hydrogens (tertiary/aromatic N) is 4. The summed E-state index contributed by atoms with van der Waals surface area (Å²) in [6.45, 7) is 3.93. The number of thiophene rings is 1. The Hall–Kier alpha value is -5.31. The fourth-order valence-electron chi connectivity index (χ4n) is 5.07. The summed E-state index contributed by atoms with van der Waals surface area (Å²) >= 11 is 0.537. The summed E-state index contributed by atoms with van der Waals surface area (Å²) in [5.74, 6) is -1.93. The first-order valence-corrected chi connectivity index (χ1v) is 14.7. The van der Waals surface area contributed by atoms with E-state index >= 15 is 0 Å². The Kier molecular flexibility index (Phi) is 7.74. The van der Waals surface area contributed by atoms with Crippen LogP contribution in [0.2, 0.25) is 0 Å². The number of rotatable bonds is 6. The number of hydrogen-bond acceptors (Lipinski definition) is 6. The number of primary amides is 1. The van der Waals surface area contributed by atoms with E-state index < -0.39 is 46.8 Å². The molecule has 6 rings (SSSR count). The monoisotopic (exact) mass is 668 g/mol. The number of alkyl halides is 6. The number of carbonyl (C=O) groups excluding carboxylic acids is 2. The van der Waals surface area contributed by atoms with Gasteiger partial charge in [0.25, 0.3) is 11.8 Å². The molecule has 0 bridgehead atoms. The minimum absolute atomic E-state index is 0.00791. The smallest absolute Gasteiger partial charge is 0.365 e. The number of pyridine rings is 1. The van der Waals surface area contributed by atoms with Gasteiger partial charge in [-0.05, 0) is 34.7 Å². The average molecular weight is 669 g/mol. The van der Waals surface area contributed by atoms with Gasteiger partial charge >= 0.3 is 12.4 Å². The van der Waals surface area contributed by atoms with Gasteiger partial charge in [0.05, 0.1) is 17.6 Å². The van der Waals surface area contributed by atoms with Crippen molar-refractivity contribution >= 4 is 44.7 Å². The highest BCUT2D eigenvalue weighted by Crippen LogP contribution is 2.44. The Labute approximate surface area is 265 Å². The Morgan fingerprint density at radius 3 is 2.17 bits per heavy atom. The van der Waals surface area contributed by atoms with Crippen molar-refractivity contribution in [3.63, 3.8) is 0 Å². The van der Waals surface area contributed by atoms with Crippen LogP contribution >= 0.6 is 11.3 Å². The van der Waals surface area contributed by atoms with Gasteiger partial charge in [-0.15, -0.1) is 11.3 Å². The molecule has 0 atom stereocenters. The molecular weight excluding hydrogens is 646 g/mol. The van der Waals surface area contributed by atoms with Crippen LogP contribution in [-0.2, 0) is 12.4 Å². The molecule has 0 aliphatic carbocycles. The van der Waals surface area contributed by atoms with E-state index in [1.165, 1.54) is 12.1 Å². The van der Waals surface area contributed by atoms with Gasteiger partial charge in [0.1, 0.15) is 21.0 Å². The predicted octanol–water partition coefficient (Wildman–Crippen LogP) is 8.19. The first-order chi connectivity index (χ1) is 22.1. The lowest BCUT2D eigenvalue weighted by Crippen LogP contribution is -2.18. The summed E-state index contributed by atoms with van der Waals surface area (Å²) < 4.78 is 84.6. The highest BCUT2D eigenvalue weighted by Gasteiger charge is 2.37. The minimum atomic E-state index is -4.89. The Morgan fingerprint density at radius 1 is 0.894 bits per heavy atom. The number of nitrogens with one attached hydrogen (secondary N) is 1. The maximum atomic E-state index is 14.2. The fraction of sp³-hybridized carbons (Fsp3) is 0.156. The van der Waals surface area contributed by atoms with Gasteiger partial charge in [-0.1, -0.05) is 68.4 Å². The van der Waals surface area contributed by atoms with E-state index in [2.05, 4.69) is 20.4 Å². The molecule has 6 aromatic rings. The molecule has 4 heterocycles. The second-order valence-electron chi connectivity index (χ2n) is 10.8. The van der Waals surface area contributed by atoms with Crippen molar-refractivity contribution < 1.29 is 35.9 Å². The van der Waals surface area contributed by atoms with Crippen LogP contribution in [-0.4, -0.2) is 31.4 Å². The van der Waals surface area contributed by atoms with E-state index in [0.717, 1.165) is 23.9 Å². The van der Waals surface area contributed by atoms with Crippen molar-refractivity contribution in [1.82, 2.24) is 19.6 Å². The highest BCUT2D eigenvalue weighted by molar-refractivity contribution is 7.21. The topological polar surface area (TPSA) is 115 Å². The SMILES string of the molecule is CC(C)c1ccc(-c2cc(C(F)(F)F)n3ncc(C(=O)Nc4c(C(N)=O)sc5nc(C(F)(F)F)cc(-c6ccccc6)c45)c3n2)cc1. The summed E-state index contributed by atoms with van der Waals surface area (Å²) in [5.41, 5.74) is 3.59. The Balaban J connectivity index is 1.52. The van der Waals surface area contributed by atoms with Crippen LogP contribution in [0.5, 0.6) is 0 Å². The molecule has 0 aliphatic rings. The van der Waals surface area contributed by atoms with Gasteiger partial charge in [-0.3, -0.25) is 9.59 Å². The van der Waals surface area contributed by atoms with E-state index in [1.807, 2.05) is 13.8 Å². The second-order valence-corrected chi connectivity index (χ2v) is 11.8. The third kappa shape index (κ3) is 5.89. The molecule has 0 radical (unpaired) electrons. The molecule has 0 aliphatic heterocycles. The number of anilines is 1. The van der Waals surface area contributed by atoms with Crippen molar-refractivity contribution in [2.75, 3.05) is 5.32 Å². The summed E-state index contributed by atoms with van der Waals surface area (Å²) in [7, 11) is 0. The molecule has 240 valence electrons. The van der Waals surface area contributed by atoms with E-state index in [4.69, 9.17) is 5.73 Å². The number of amides is 2. The van der Waals surface area contributed by atoms with Crippen LogP contribution < -0.4 is 11.1 Å². The molecule has 15 heteroatoms. The fourth-order valence-corrected chi connectivity index (χ4v) is 6.08. The van der Waals surface area contributed by atoms with E-state index in [0.29, 0.717) is 27.0 Å². The molecule has 0 fully saturated rings. The maximum Gasteiger partial charge on any atom is 0.433 e. The third-order valence-corrected chi connectivity index (χ3v) is 8.48. The van der Waals surface area contributed by atoms with Gasteiger partial charge in [0.15, 0.2) is 11.3 Å². The maximum absolute atomic E-state index is 14.2. The van der Waals surface area contributed by atoms with Gasteiger partial charge in [0, 0.05) is 10.9 Å². The molecule has 2 aromatic carbocycles. The summed E-state index contributed by atoms with van der Waals surface area (Å²) in [5, 5.41) is 6.26. The minimum Gasteiger partial charge on any atom is -0.365 e. The largest absolute Gasteiger partial charge is 0.433 e. The third-order valence-electron chi connectivity index (χ3n) is 7.38. The van der Waals surface area contributed by atoms with Crippen LogP contribution in [0.4, 0.5) is 32.0 Å². The zero-order valence-corrected chi connectivity index (χ0v) is 25.2. The molecule has 0 unspecified atom stereocenters. The quantitative estimate of drug-likeness (QED) is 0.174. The molecule has 4 aromatic heterocycles. The number of carbonyl (C=O) groups is 2. The van der Waals surface area contributed by atoms with Crippen LogP contribution in [0.25, 0.3) is 38.2 Å². The number of fused-ring (bicyclic) bond motifs is 2. The molecule has 47 heavy (non-hydrogen) atoms. The number of nitrogens with two attached hydrogens (primary N) is 1. The highest BCUT2D eigenvalue weighted by atomic mass is 32.1. The Bertz CT molecular complexity index is 2170. The zero-order chi connectivity index (χ0) is 33.8. The number of benzene rings is 2. The van der Waals surface area contributed by atoms with E-state index in [-0.39, 0.29) is 38.0 Å². The number of aromatic nitrogens is 4. The van der Waals surface area contributed by atoms with Crippen molar-refractivity contribution in [2.45, 2.75) is 32.1 Å². The van der Waals surface area contributed by atoms with Gasteiger partial charge in [0.2, 0.25) is 0 Å². The van der Waals surface area contributed by atoms with Gasteiger partial charge in [-0.25, -0.2) is 14.5 Å². The van der Waals surface area contributed by atoms with Crippen LogP contribution in [0.3, 0.4) is 0 Å². The average Bonchev–Trinajstić information content (AvgIpc) is 3.61. The molecular formula is C32H22F6N6O2S.